The van der Waals surface area contributed by atoms with E-state index < -0.39 is 6.10 Å². The number of hydrogen-bond donors (Lipinski definition) is 1. The minimum absolute atomic E-state index is 0.378. The van der Waals surface area contributed by atoms with Gasteiger partial charge in [0, 0.05) is 20.3 Å². The van der Waals surface area contributed by atoms with Crippen molar-refractivity contribution in [1.82, 2.24) is 0 Å². The fourth-order valence-electron chi connectivity index (χ4n) is 1.56. The first-order valence-electron chi connectivity index (χ1n) is 5.39. The number of thiophene rings is 1. The second kappa shape index (κ2) is 5.82. The van der Waals surface area contributed by atoms with Crippen molar-refractivity contribution < 1.29 is 14.2 Å². The predicted molar refractivity (Wildman–Crippen MR) is 73.4 cm³/mol. The first-order valence-corrected chi connectivity index (χ1v) is 7.07. The summed E-state index contributed by atoms with van der Waals surface area (Å²) in [5.41, 5.74) is 0.464. The molecule has 2 rings (SSSR count). The Morgan fingerprint density at radius 2 is 2.22 bits per heavy atom. The van der Waals surface area contributed by atoms with Crippen LogP contribution in [-0.4, -0.2) is 5.11 Å². The van der Waals surface area contributed by atoms with Crippen molar-refractivity contribution in [2.75, 3.05) is 0 Å². The van der Waals surface area contributed by atoms with Gasteiger partial charge in [-0.05, 0) is 47.1 Å². The highest BCUT2D eigenvalue weighted by Gasteiger charge is 2.11. The van der Waals surface area contributed by atoms with Crippen molar-refractivity contribution >= 4 is 27.3 Å². The fourth-order valence-corrected chi connectivity index (χ4v) is 2.92. The van der Waals surface area contributed by atoms with Gasteiger partial charge in [0.2, 0.25) is 0 Å². The van der Waals surface area contributed by atoms with Crippen LogP contribution in [0.3, 0.4) is 0 Å². The Hall–Kier alpha value is -0.910. The summed E-state index contributed by atoms with van der Waals surface area (Å²) in [6.45, 7) is 1.99. The Labute approximate surface area is 117 Å². The molecule has 0 aliphatic heterocycles. The van der Waals surface area contributed by atoms with Gasteiger partial charge in [0.15, 0.2) is 0 Å². The minimum Gasteiger partial charge on any atom is -0.488 e. The summed E-state index contributed by atoms with van der Waals surface area (Å²) in [5.74, 6) is 0.132. The molecule has 0 saturated carbocycles. The molecule has 0 aliphatic rings. The molecular formula is C13H12BrFO2S. The van der Waals surface area contributed by atoms with Crippen molar-refractivity contribution in [1.29, 1.82) is 0 Å². The first-order chi connectivity index (χ1) is 8.56. The van der Waals surface area contributed by atoms with Crippen LogP contribution in [-0.2, 0) is 6.61 Å². The van der Waals surface area contributed by atoms with Crippen LogP contribution in [0.1, 0.15) is 23.5 Å². The van der Waals surface area contributed by atoms with Crippen LogP contribution in [0, 0.1) is 5.82 Å². The molecule has 1 N–H and O–H groups in total. The molecule has 0 unspecified atom stereocenters. The normalized spacial score (nSPS) is 12.4. The van der Waals surface area contributed by atoms with E-state index in [1.165, 1.54) is 12.1 Å². The van der Waals surface area contributed by atoms with Crippen molar-refractivity contribution in [3.8, 4) is 5.75 Å². The molecule has 1 aromatic carbocycles. The largest absolute Gasteiger partial charge is 0.488 e. The second-order valence-electron chi connectivity index (χ2n) is 3.88. The van der Waals surface area contributed by atoms with E-state index in [-0.39, 0.29) is 5.82 Å². The van der Waals surface area contributed by atoms with E-state index in [2.05, 4.69) is 15.9 Å². The summed E-state index contributed by atoms with van der Waals surface area (Å²) in [4.78, 5) is 1.06. The van der Waals surface area contributed by atoms with Gasteiger partial charge in [0.05, 0.1) is 6.10 Å². The molecule has 1 heterocycles. The first kappa shape index (κ1) is 13.5. The Morgan fingerprint density at radius 1 is 1.44 bits per heavy atom. The zero-order valence-corrected chi connectivity index (χ0v) is 12.1. The summed E-state index contributed by atoms with van der Waals surface area (Å²) >= 11 is 4.95. The lowest BCUT2D eigenvalue weighted by atomic mass is 10.1. The molecule has 0 fully saturated rings. The highest BCUT2D eigenvalue weighted by atomic mass is 79.9. The SMILES string of the molecule is C[C@H](O)c1cc(F)ccc1OCc1cc(Br)cs1. The number of aliphatic hydroxyl groups is 1. The van der Waals surface area contributed by atoms with Crippen molar-refractivity contribution in [3.05, 3.63) is 50.4 Å². The van der Waals surface area contributed by atoms with Gasteiger partial charge in [-0.25, -0.2) is 4.39 Å². The number of rotatable bonds is 4. The maximum Gasteiger partial charge on any atom is 0.125 e. The van der Waals surface area contributed by atoms with E-state index in [0.29, 0.717) is 17.9 Å². The monoisotopic (exact) mass is 330 g/mol. The van der Waals surface area contributed by atoms with Crippen LogP contribution in [0.5, 0.6) is 5.75 Å². The zero-order valence-electron chi connectivity index (χ0n) is 9.69. The van der Waals surface area contributed by atoms with Crippen molar-refractivity contribution in [3.63, 3.8) is 0 Å². The molecule has 0 aliphatic carbocycles. The maximum atomic E-state index is 13.1. The Morgan fingerprint density at radius 3 is 2.83 bits per heavy atom. The van der Waals surface area contributed by atoms with E-state index >= 15 is 0 Å². The van der Waals surface area contributed by atoms with E-state index in [4.69, 9.17) is 4.74 Å². The van der Waals surface area contributed by atoms with Gasteiger partial charge in [-0.2, -0.15) is 0 Å². The zero-order chi connectivity index (χ0) is 13.1. The minimum atomic E-state index is -0.759. The van der Waals surface area contributed by atoms with Crippen molar-refractivity contribution in [2.45, 2.75) is 19.6 Å². The highest BCUT2D eigenvalue weighted by Crippen LogP contribution is 2.28. The summed E-state index contributed by atoms with van der Waals surface area (Å²) in [5, 5.41) is 11.5. The molecule has 5 heteroatoms. The highest BCUT2D eigenvalue weighted by molar-refractivity contribution is 9.10. The molecule has 96 valence electrons. The average molecular weight is 331 g/mol. The third-order valence-corrected chi connectivity index (χ3v) is 4.08. The topological polar surface area (TPSA) is 29.5 Å². The van der Waals surface area contributed by atoms with Crippen molar-refractivity contribution in [2.24, 2.45) is 0 Å². The van der Waals surface area contributed by atoms with Crippen LogP contribution in [0.2, 0.25) is 0 Å². The molecule has 0 bridgehead atoms. The number of hydrogen-bond acceptors (Lipinski definition) is 3. The van der Waals surface area contributed by atoms with E-state index in [0.717, 1.165) is 9.35 Å². The predicted octanol–water partition coefficient (Wildman–Crippen LogP) is 4.28. The molecule has 0 saturated heterocycles. The summed E-state index contributed by atoms with van der Waals surface area (Å²) in [7, 11) is 0. The lowest BCUT2D eigenvalue weighted by Crippen LogP contribution is -2.00. The maximum absolute atomic E-state index is 13.1. The Kier molecular flexibility index (Phi) is 4.37. The summed E-state index contributed by atoms with van der Waals surface area (Å²) < 4.78 is 19.7. The standard InChI is InChI=1S/C13H12BrFO2S/c1-8(16)12-5-10(15)2-3-13(12)17-6-11-4-9(14)7-18-11/h2-5,7-8,16H,6H2,1H3/t8-/m0/s1. The molecule has 1 atom stereocenters. The molecule has 1 aromatic heterocycles. The second-order valence-corrected chi connectivity index (χ2v) is 5.79. The molecule has 2 aromatic rings. The van der Waals surface area contributed by atoms with Crippen LogP contribution >= 0.6 is 27.3 Å². The fraction of sp³-hybridized carbons (Fsp3) is 0.231. The average Bonchev–Trinajstić information content (AvgIpc) is 2.73. The molecule has 0 radical (unpaired) electrons. The van der Waals surface area contributed by atoms with Crippen LogP contribution in [0.4, 0.5) is 4.39 Å². The third kappa shape index (κ3) is 3.31. The molecule has 2 nitrogen and oxygen atoms in total. The molecule has 0 spiro atoms. The van der Waals surface area contributed by atoms with Crippen LogP contribution < -0.4 is 4.74 Å². The third-order valence-electron chi connectivity index (χ3n) is 2.41. The van der Waals surface area contributed by atoms with E-state index in [9.17, 15) is 9.50 Å². The van der Waals surface area contributed by atoms with Crippen LogP contribution in [0.15, 0.2) is 34.1 Å². The van der Waals surface area contributed by atoms with Gasteiger partial charge < -0.3 is 9.84 Å². The van der Waals surface area contributed by atoms with Gasteiger partial charge in [-0.3, -0.25) is 0 Å². The number of halogens is 2. The van der Waals surface area contributed by atoms with Gasteiger partial charge >= 0.3 is 0 Å². The molecule has 0 amide bonds. The lowest BCUT2D eigenvalue weighted by Gasteiger charge is -2.12. The van der Waals surface area contributed by atoms with Gasteiger partial charge in [0.1, 0.15) is 18.2 Å². The summed E-state index contributed by atoms with van der Waals surface area (Å²) in [6.07, 6.45) is -0.759. The van der Waals surface area contributed by atoms with Crippen LogP contribution in [0.25, 0.3) is 0 Å². The quantitative estimate of drug-likeness (QED) is 0.906. The van der Waals surface area contributed by atoms with Gasteiger partial charge in [-0.1, -0.05) is 0 Å². The smallest absolute Gasteiger partial charge is 0.125 e. The molecular weight excluding hydrogens is 319 g/mol. The van der Waals surface area contributed by atoms with E-state index in [1.807, 2.05) is 11.4 Å². The number of ether oxygens (including phenoxy) is 1. The van der Waals surface area contributed by atoms with Gasteiger partial charge in [-0.15, -0.1) is 11.3 Å². The Balaban J connectivity index is 2.13. The lowest BCUT2D eigenvalue weighted by molar-refractivity contribution is 0.189. The Bertz CT molecular complexity index is 540. The van der Waals surface area contributed by atoms with Gasteiger partial charge in [0.25, 0.3) is 0 Å². The summed E-state index contributed by atoms with van der Waals surface area (Å²) in [6, 6.07) is 6.13. The van der Waals surface area contributed by atoms with E-state index in [1.54, 1.807) is 24.3 Å². The number of benzene rings is 1. The molecule has 18 heavy (non-hydrogen) atoms. The number of aliphatic hydroxyl groups excluding tert-OH is 1.